The fourth-order valence-corrected chi connectivity index (χ4v) is 4.95. The first-order valence-corrected chi connectivity index (χ1v) is 10.5. The molecule has 8 heteroatoms. The number of ether oxygens (including phenoxy) is 1. The van der Waals surface area contributed by atoms with Crippen molar-refractivity contribution in [2.75, 3.05) is 13.7 Å². The normalized spacial score (nSPS) is 14.5. The van der Waals surface area contributed by atoms with Gasteiger partial charge in [-0.15, -0.1) is 0 Å². The highest BCUT2D eigenvalue weighted by Crippen LogP contribution is 2.30. The Morgan fingerprint density at radius 1 is 1.14 bits per heavy atom. The van der Waals surface area contributed by atoms with E-state index in [1.165, 1.54) is 23.5 Å². The molecule has 4 rings (SSSR count). The van der Waals surface area contributed by atoms with Crippen LogP contribution in [-0.4, -0.2) is 36.3 Å². The average molecular weight is 416 g/mol. The molecular formula is C20H18ClN3O3S. The first-order chi connectivity index (χ1) is 13.5. The molecule has 3 aromatic rings. The number of benzene rings is 2. The highest BCUT2D eigenvalue weighted by atomic mass is 35.5. The maximum Gasteiger partial charge on any atom is 0.243 e. The number of aromatic nitrogens is 2. The van der Waals surface area contributed by atoms with Crippen molar-refractivity contribution >= 4 is 21.6 Å². The lowest BCUT2D eigenvalue weighted by molar-refractivity contribution is 0.386. The number of nitrogens with zero attached hydrogens (tertiary/aromatic N) is 3. The molecule has 0 saturated heterocycles. The summed E-state index contributed by atoms with van der Waals surface area (Å²) in [5.74, 6) is 1.09. The molecule has 28 heavy (non-hydrogen) atoms. The zero-order chi connectivity index (χ0) is 19.7. The van der Waals surface area contributed by atoms with E-state index in [1.807, 2.05) is 30.3 Å². The second-order valence-electron chi connectivity index (χ2n) is 6.42. The fraction of sp³-hybridized carbons (Fsp3) is 0.200. The van der Waals surface area contributed by atoms with Crippen LogP contribution in [0.3, 0.4) is 0 Å². The van der Waals surface area contributed by atoms with Crippen LogP contribution in [0.25, 0.3) is 11.4 Å². The molecule has 0 fully saturated rings. The summed E-state index contributed by atoms with van der Waals surface area (Å²) in [6.45, 7) is 0.584. The summed E-state index contributed by atoms with van der Waals surface area (Å²) in [6.07, 6.45) is 2.24. The highest BCUT2D eigenvalue weighted by molar-refractivity contribution is 7.89. The van der Waals surface area contributed by atoms with Crippen LogP contribution < -0.4 is 4.74 Å². The van der Waals surface area contributed by atoms with Crippen LogP contribution in [0, 0.1) is 0 Å². The van der Waals surface area contributed by atoms with Crippen LogP contribution >= 0.6 is 11.6 Å². The standard InChI is InChI=1S/C20H18ClN3O3S/c1-27-19-8-7-16(11-17(19)21)28(25,26)24-10-9-18-15(13-24)12-22-20(23-18)14-5-3-2-4-6-14/h2-8,11-12H,9-10,13H2,1H3. The third kappa shape index (κ3) is 3.48. The molecule has 0 amide bonds. The Morgan fingerprint density at radius 2 is 1.93 bits per heavy atom. The number of hydrogen-bond acceptors (Lipinski definition) is 5. The summed E-state index contributed by atoms with van der Waals surface area (Å²) >= 11 is 6.10. The predicted molar refractivity (Wildman–Crippen MR) is 107 cm³/mol. The number of sulfonamides is 1. The van der Waals surface area contributed by atoms with Gasteiger partial charge in [0.25, 0.3) is 0 Å². The van der Waals surface area contributed by atoms with Crippen LogP contribution in [0.15, 0.2) is 59.6 Å². The van der Waals surface area contributed by atoms with Gasteiger partial charge in [-0.05, 0) is 18.2 Å². The number of methoxy groups -OCH3 is 1. The minimum atomic E-state index is -3.68. The van der Waals surface area contributed by atoms with E-state index < -0.39 is 10.0 Å². The molecule has 0 spiro atoms. The van der Waals surface area contributed by atoms with Gasteiger partial charge in [0.1, 0.15) is 5.75 Å². The molecule has 2 heterocycles. The van der Waals surface area contributed by atoms with Crippen LogP contribution in [0.1, 0.15) is 11.3 Å². The molecule has 0 unspecified atom stereocenters. The zero-order valence-corrected chi connectivity index (χ0v) is 16.7. The van der Waals surface area contributed by atoms with Gasteiger partial charge in [0.05, 0.1) is 22.7 Å². The predicted octanol–water partition coefficient (Wildman–Crippen LogP) is 3.55. The van der Waals surface area contributed by atoms with Crippen molar-refractivity contribution in [3.8, 4) is 17.1 Å². The molecule has 1 aliphatic heterocycles. The molecule has 0 bridgehead atoms. The summed E-state index contributed by atoms with van der Waals surface area (Å²) in [5, 5.41) is 0.261. The Balaban J connectivity index is 1.61. The molecule has 144 valence electrons. The van der Waals surface area contributed by atoms with E-state index in [9.17, 15) is 8.42 Å². The van der Waals surface area contributed by atoms with Gasteiger partial charge in [-0.2, -0.15) is 4.31 Å². The fourth-order valence-electron chi connectivity index (χ4n) is 3.18. The van der Waals surface area contributed by atoms with E-state index in [0.717, 1.165) is 16.8 Å². The van der Waals surface area contributed by atoms with Gasteiger partial charge in [0, 0.05) is 36.8 Å². The molecule has 0 N–H and O–H groups in total. The van der Waals surface area contributed by atoms with Crippen molar-refractivity contribution in [2.45, 2.75) is 17.9 Å². The van der Waals surface area contributed by atoms with Gasteiger partial charge in [0.2, 0.25) is 10.0 Å². The Bertz CT molecular complexity index is 1120. The number of rotatable bonds is 4. The van der Waals surface area contributed by atoms with Gasteiger partial charge >= 0.3 is 0 Å². The molecular weight excluding hydrogens is 398 g/mol. The number of fused-ring (bicyclic) bond motifs is 1. The molecule has 6 nitrogen and oxygen atoms in total. The molecule has 1 aromatic heterocycles. The molecule has 1 aliphatic rings. The molecule has 0 aliphatic carbocycles. The van der Waals surface area contributed by atoms with Gasteiger partial charge in [-0.3, -0.25) is 0 Å². The minimum absolute atomic E-state index is 0.142. The van der Waals surface area contributed by atoms with Crippen LogP contribution in [0.4, 0.5) is 0 Å². The van der Waals surface area contributed by atoms with Gasteiger partial charge < -0.3 is 4.74 Å². The van der Waals surface area contributed by atoms with Crippen molar-refractivity contribution in [3.05, 3.63) is 71.0 Å². The number of hydrogen-bond donors (Lipinski definition) is 0. The second-order valence-corrected chi connectivity index (χ2v) is 8.76. The van der Waals surface area contributed by atoms with E-state index in [4.69, 9.17) is 16.3 Å². The monoisotopic (exact) mass is 415 g/mol. The van der Waals surface area contributed by atoms with E-state index in [2.05, 4.69) is 9.97 Å². The van der Waals surface area contributed by atoms with E-state index in [0.29, 0.717) is 24.5 Å². The van der Waals surface area contributed by atoms with Crippen LogP contribution in [0.2, 0.25) is 5.02 Å². The summed E-state index contributed by atoms with van der Waals surface area (Å²) in [5.41, 5.74) is 2.63. The second kappa shape index (κ2) is 7.50. The van der Waals surface area contributed by atoms with Crippen molar-refractivity contribution in [1.82, 2.24) is 14.3 Å². The van der Waals surface area contributed by atoms with Crippen molar-refractivity contribution in [2.24, 2.45) is 0 Å². The number of halogens is 1. The lowest BCUT2D eigenvalue weighted by atomic mass is 10.1. The van der Waals surface area contributed by atoms with E-state index in [1.54, 1.807) is 12.3 Å². The zero-order valence-electron chi connectivity index (χ0n) is 15.2. The Labute approximate surface area is 168 Å². The van der Waals surface area contributed by atoms with Crippen molar-refractivity contribution in [3.63, 3.8) is 0 Å². The first kappa shape index (κ1) is 18.9. The topological polar surface area (TPSA) is 72.4 Å². The lowest BCUT2D eigenvalue weighted by Gasteiger charge is -2.27. The minimum Gasteiger partial charge on any atom is -0.495 e. The Hall–Kier alpha value is -2.48. The maximum absolute atomic E-state index is 13.0. The third-order valence-corrected chi connectivity index (χ3v) is 6.83. The van der Waals surface area contributed by atoms with Gasteiger partial charge in [-0.1, -0.05) is 41.9 Å². The summed E-state index contributed by atoms with van der Waals surface area (Å²) in [6, 6.07) is 14.2. The van der Waals surface area contributed by atoms with Crippen LogP contribution in [-0.2, 0) is 23.0 Å². The largest absolute Gasteiger partial charge is 0.495 e. The average Bonchev–Trinajstić information content (AvgIpc) is 2.73. The summed E-state index contributed by atoms with van der Waals surface area (Å²) in [7, 11) is -2.19. The van der Waals surface area contributed by atoms with Gasteiger partial charge in [0.15, 0.2) is 5.82 Å². The quantitative estimate of drug-likeness (QED) is 0.651. The summed E-state index contributed by atoms with van der Waals surface area (Å²) in [4.78, 5) is 9.20. The summed E-state index contributed by atoms with van der Waals surface area (Å²) < 4.78 is 32.6. The lowest BCUT2D eigenvalue weighted by Crippen LogP contribution is -2.36. The smallest absolute Gasteiger partial charge is 0.243 e. The Morgan fingerprint density at radius 3 is 2.64 bits per heavy atom. The van der Waals surface area contributed by atoms with E-state index in [-0.39, 0.29) is 16.5 Å². The third-order valence-electron chi connectivity index (χ3n) is 4.69. The molecule has 0 radical (unpaired) electrons. The SMILES string of the molecule is COc1ccc(S(=O)(=O)N2CCc3nc(-c4ccccc4)ncc3C2)cc1Cl. The van der Waals surface area contributed by atoms with E-state index >= 15 is 0 Å². The maximum atomic E-state index is 13.0. The van der Waals surface area contributed by atoms with Gasteiger partial charge in [-0.25, -0.2) is 18.4 Å². The van der Waals surface area contributed by atoms with Crippen LogP contribution in [0.5, 0.6) is 5.75 Å². The molecule has 0 atom stereocenters. The highest BCUT2D eigenvalue weighted by Gasteiger charge is 2.30. The first-order valence-electron chi connectivity index (χ1n) is 8.73. The molecule has 2 aromatic carbocycles. The molecule has 0 saturated carbocycles. The van der Waals surface area contributed by atoms with Crippen molar-refractivity contribution < 1.29 is 13.2 Å². The Kier molecular flexibility index (Phi) is 5.05. The van der Waals surface area contributed by atoms with Crippen molar-refractivity contribution in [1.29, 1.82) is 0 Å².